The molecule has 4 heterocycles. The number of pyridine rings is 1. The molecular weight excluding hydrogens is 360 g/mol. The van der Waals surface area contributed by atoms with Crippen LogP contribution in [-0.4, -0.2) is 71.1 Å². The van der Waals surface area contributed by atoms with Crippen molar-refractivity contribution in [2.45, 2.75) is 18.6 Å². The van der Waals surface area contributed by atoms with Crippen LogP contribution in [0.2, 0.25) is 0 Å². The second-order valence-electron chi connectivity index (χ2n) is 6.92. The van der Waals surface area contributed by atoms with Gasteiger partial charge in [0.25, 0.3) is 0 Å². The van der Waals surface area contributed by atoms with Crippen molar-refractivity contribution < 1.29 is 14.6 Å². The summed E-state index contributed by atoms with van der Waals surface area (Å²) in [4.78, 5) is 6.89. The number of aromatic amines is 1. The summed E-state index contributed by atoms with van der Waals surface area (Å²) in [5.74, 6) is 7.80. The van der Waals surface area contributed by atoms with Crippen LogP contribution in [0.25, 0.3) is 0 Å². The van der Waals surface area contributed by atoms with Crippen LogP contribution in [0.1, 0.15) is 18.1 Å². The van der Waals surface area contributed by atoms with Gasteiger partial charge in [-0.25, -0.2) is 4.98 Å². The Balaban J connectivity index is 1.77. The highest BCUT2D eigenvalue weighted by molar-refractivity contribution is 5.90. The lowest BCUT2D eigenvalue weighted by Crippen LogP contribution is -2.48. The van der Waals surface area contributed by atoms with Crippen LogP contribution in [0.4, 0.5) is 17.5 Å². The maximum absolute atomic E-state index is 10.2. The third kappa shape index (κ3) is 3.71. The van der Waals surface area contributed by atoms with Gasteiger partial charge in [0, 0.05) is 24.4 Å². The number of nitrogens with one attached hydrogen (secondary N) is 3. The van der Waals surface area contributed by atoms with Gasteiger partial charge in [0.1, 0.15) is 17.5 Å². The Morgan fingerprint density at radius 3 is 2.96 bits per heavy atom. The van der Waals surface area contributed by atoms with Gasteiger partial charge in [0.15, 0.2) is 5.60 Å². The summed E-state index contributed by atoms with van der Waals surface area (Å²) in [7, 11) is 0. The molecule has 4 N–H and O–H groups in total. The maximum atomic E-state index is 10.2. The van der Waals surface area contributed by atoms with Crippen molar-refractivity contribution in [1.82, 2.24) is 15.2 Å². The van der Waals surface area contributed by atoms with Gasteiger partial charge < -0.3 is 30.2 Å². The molecular formula is C19H22N6O3. The molecule has 2 aromatic rings. The second-order valence-corrected chi connectivity index (χ2v) is 6.92. The molecule has 2 fully saturated rings. The lowest BCUT2D eigenvalue weighted by atomic mass is 10.0. The molecule has 0 saturated carbocycles. The number of anilines is 3. The fourth-order valence-electron chi connectivity index (χ4n) is 3.11. The largest absolute Gasteiger partial charge is 0.377 e. The first-order valence-corrected chi connectivity index (χ1v) is 9.07. The van der Waals surface area contributed by atoms with E-state index >= 15 is 0 Å². The average Bonchev–Trinajstić information content (AvgIpc) is 3.18. The number of aromatic nitrogens is 3. The highest BCUT2D eigenvalue weighted by Gasteiger charge is 2.34. The Morgan fingerprint density at radius 2 is 2.32 bits per heavy atom. The number of rotatable bonds is 4. The van der Waals surface area contributed by atoms with Gasteiger partial charge in [-0.1, -0.05) is 11.8 Å². The van der Waals surface area contributed by atoms with E-state index in [1.54, 1.807) is 12.3 Å². The van der Waals surface area contributed by atoms with E-state index in [1.807, 2.05) is 6.07 Å². The van der Waals surface area contributed by atoms with Crippen molar-refractivity contribution in [3.05, 3.63) is 29.5 Å². The zero-order valence-corrected chi connectivity index (χ0v) is 15.5. The van der Waals surface area contributed by atoms with Gasteiger partial charge in [0.2, 0.25) is 0 Å². The maximum Gasteiger partial charge on any atom is 0.172 e. The highest BCUT2D eigenvalue weighted by atomic mass is 16.5. The molecule has 0 aliphatic carbocycles. The normalized spacial score (nSPS) is 20.6. The van der Waals surface area contributed by atoms with Gasteiger partial charge in [-0.15, -0.1) is 0 Å². The minimum absolute atomic E-state index is 0.164. The van der Waals surface area contributed by atoms with E-state index in [0.717, 1.165) is 5.82 Å². The summed E-state index contributed by atoms with van der Waals surface area (Å²) in [6.07, 6.45) is 2.84. The summed E-state index contributed by atoms with van der Waals surface area (Å²) in [6.45, 7) is 4.42. The molecule has 0 radical (unpaired) electrons. The molecule has 0 amide bonds. The van der Waals surface area contributed by atoms with Crippen molar-refractivity contribution >= 4 is 23.7 Å². The minimum atomic E-state index is -1.13. The highest BCUT2D eigenvalue weighted by Crippen LogP contribution is 2.27. The standard InChI is InChI=1S/C19H22N6O3/c1-13-10-27-7-6-25(13)17-8-14(2-4-19(26)11-28-12-19)15(9-20)18(23-17)22-16-3-5-21-24-16/h3,5,8-9,13,20,26H,6-7,10-12H2,1H3,(H2,21,22,23,24)/t13-/m1/s1. The van der Waals surface area contributed by atoms with Crippen LogP contribution in [0.5, 0.6) is 0 Å². The predicted molar refractivity (Wildman–Crippen MR) is 104 cm³/mol. The second kappa shape index (κ2) is 7.59. The molecule has 1 atom stereocenters. The Labute approximate surface area is 162 Å². The van der Waals surface area contributed by atoms with E-state index < -0.39 is 5.60 Å². The molecule has 2 aliphatic rings. The lowest BCUT2D eigenvalue weighted by molar-refractivity contribution is -0.140. The Morgan fingerprint density at radius 1 is 1.46 bits per heavy atom. The number of hydrogen-bond acceptors (Lipinski definition) is 8. The topological polar surface area (TPSA) is 119 Å². The molecule has 0 aromatic carbocycles. The summed E-state index contributed by atoms with van der Waals surface area (Å²) in [5, 5.41) is 28.1. The molecule has 146 valence electrons. The monoisotopic (exact) mass is 382 g/mol. The van der Waals surface area contributed by atoms with E-state index in [0.29, 0.717) is 42.5 Å². The summed E-state index contributed by atoms with van der Waals surface area (Å²) in [5.41, 5.74) is 0.0167. The van der Waals surface area contributed by atoms with Crippen molar-refractivity contribution in [1.29, 1.82) is 5.41 Å². The lowest BCUT2D eigenvalue weighted by Gasteiger charge is -2.34. The van der Waals surface area contributed by atoms with E-state index in [1.165, 1.54) is 6.21 Å². The van der Waals surface area contributed by atoms with E-state index in [-0.39, 0.29) is 19.3 Å². The summed E-state index contributed by atoms with van der Waals surface area (Å²) >= 11 is 0. The molecule has 0 bridgehead atoms. The number of nitrogens with zero attached hydrogens (tertiary/aromatic N) is 3. The van der Waals surface area contributed by atoms with Crippen molar-refractivity contribution in [2.75, 3.05) is 43.2 Å². The fourth-order valence-corrected chi connectivity index (χ4v) is 3.11. The van der Waals surface area contributed by atoms with Crippen LogP contribution in [0.15, 0.2) is 18.3 Å². The first kappa shape index (κ1) is 18.4. The zero-order valence-electron chi connectivity index (χ0n) is 15.5. The molecule has 9 heteroatoms. The van der Waals surface area contributed by atoms with Gasteiger partial charge in [-0.3, -0.25) is 5.10 Å². The predicted octanol–water partition coefficient (Wildman–Crippen LogP) is 0.884. The van der Waals surface area contributed by atoms with E-state index in [2.05, 4.69) is 39.2 Å². The molecule has 2 saturated heterocycles. The first-order valence-electron chi connectivity index (χ1n) is 9.07. The number of morpholine rings is 1. The van der Waals surface area contributed by atoms with Crippen LogP contribution >= 0.6 is 0 Å². The van der Waals surface area contributed by atoms with Gasteiger partial charge in [-0.05, 0) is 13.0 Å². The quantitative estimate of drug-likeness (QED) is 0.458. The Hall–Kier alpha value is -2.93. The van der Waals surface area contributed by atoms with Crippen LogP contribution in [0.3, 0.4) is 0 Å². The van der Waals surface area contributed by atoms with Gasteiger partial charge in [-0.2, -0.15) is 5.10 Å². The molecule has 2 aliphatic heterocycles. The average molecular weight is 382 g/mol. The van der Waals surface area contributed by atoms with Crippen molar-refractivity contribution in [3.63, 3.8) is 0 Å². The third-order valence-electron chi connectivity index (χ3n) is 4.72. The number of hydrogen-bond donors (Lipinski definition) is 4. The number of ether oxygens (including phenoxy) is 2. The van der Waals surface area contributed by atoms with Crippen LogP contribution in [0, 0.1) is 17.3 Å². The SMILES string of the molecule is C[C@@H]1COCCN1c1cc(C#CC2(O)COC2)c(C=N)c(Nc2ccn[nH]2)n1. The first-order chi connectivity index (χ1) is 13.6. The summed E-state index contributed by atoms with van der Waals surface area (Å²) < 4.78 is 10.6. The number of H-pyrrole nitrogens is 1. The molecule has 4 rings (SSSR count). The number of aliphatic hydroxyl groups is 1. The Kier molecular flexibility index (Phi) is 5.00. The van der Waals surface area contributed by atoms with Crippen molar-refractivity contribution in [3.8, 4) is 11.8 Å². The van der Waals surface area contributed by atoms with Crippen molar-refractivity contribution in [2.24, 2.45) is 0 Å². The zero-order chi connectivity index (χ0) is 19.6. The third-order valence-corrected chi connectivity index (χ3v) is 4.72. The van der Waals surface area contributed by atoms with E-state index in [4.69, 9.17) is 19.9 Å². The van der Waals surface area contributed by atoms with Crippen LogP contribution in [-0.2, 0) is 9.47 Å². The molecule has 9 nitrogen and oxygen atoms in total. The molecule has 0 unspecified atom stereocenters. The summed E-state index contributed by atoms with van der Waals surface area (Å²) in [6, 6.07) is 3.80. The smallest absolute Gasteiger partial charge is 0.172 e. The van der Waals surface area contributed by atoms with E-state index in [9.17, 15) is 5.11 Å². The molecule has 28 heavy (non-hydrogen) atoms. The molecule has 2 aromatic heterocycles. The van der Waals surface area contributed by atoms with Gasteiger partial charge >= 0.3 is 0 Å². The molecule has 0 spiro atoms. The van der Waals surface area contributed by atoms with Gasteiger partial charge in [0.05, 0.1) is 44.2 Å². The van der Waals surface area contributed by atoms with Crippen LogP contribution < -0.4 is 10.2 Å². The minimum Gasteiger partial charge on any atom is -0.377 e. The fraction of sp³-hybridized carbons (Fsp3) is 0.421. The Bertz CT molecular complexity index is 914.